The van der Waals surface area contributed by atoms with Crippen LogP contribution in [-0.4, -0.2) is 96.0 Å². The van der Waals surface area contributed by atoms with Crippen molar-refractivity contribution in [1.29, 1.82) is 0 Å². The van der Waals surface area contributed by atoms with Gasteiger partial charge in [-0.25, -0.2) is 0 Å². The summed E-state index contributed by atoms with van der Waals surface area (Å²) in [5, 5.41) is 30.9. The average molecular weight is 893 g/mol. The van der Waals surface area contributed by atoms with Crippen molar-refractivity contribution in [2.24, 2.45) is 0 Å². The maximum Gasteiger partial charge on any atom is 0.306 e. The summed E-state index contributed by atoms with van der Waals surface area (Å²) in [6.45, 7) is 3.55. The molecule has 0 bridgehead atoms. The van der Waals surface area contributed by atoms with Crippen LogP contribution in [0.5, 0.6) is 0 Å². The molecule has 0 spiro atoms. The van der Waals surface area contributed by atoms with Crippen molar-refractivity contribution in [3.63, 3.8) is 0 Å². The number of hydrogen-bond acceptors (Lipinski definition) is 11. The summed E-state index contributed by atoms with van der Waals surface area (Å²) in [6, 6.07) is 0. The molecule has 13 heteroatoms. The predicted octanol–water partition coefficient (Wildman–Crippen LogP) is 9.67. The number of aliphatic hydroxyl groups excluding tert-OH is 3. The second kappa shape index (κ2) is 38.3. The van der Waals surface area contributed by atoms with Crippen LogP contribution < -0.4 is 0 Å². The third-order valence-corrected chi connectivity index (χ3v) is 10.7. The van der Waals surface area contributed by atoms with Crippen LogP contribution in [0.25, 0.3) is 0 Å². The summed E-state index contributed by atoms with van der Waals surface area (Å²) < 4.78 is 54.0. The van der Waals surface area contributed by atoms with E-state index in [1.165, 1.54) is 57.8 Å². The molecule has 1 heterocycles. The average Bonchev–Trinajstić information content (AvgIpc) is 3.24. The van der Waals surface area contributed by atoms with Crippen LogP contribution >= 0.6 is 0 Å². The summed E-state index contributed by atoms with van der Waals surface area (Å²) in [5.41, 5.74) is 0. The first-order valence-electron chi connectivity index (χ1n) is 23.1. The van der Waals surface area contributed by atoms with Gasteiger partial charge in [-0.2, -0.15) is 8.42 Å². The van der Waals surface area contributed by atoms with Gasteiger partial charge in [-0.15, -0.1) is 0 Å². The van der Waals surface area contributed by atoms with Crippen LogP contribution in [0.4, 0.5) is 0 Å². The number of unbranched alkanes of at least 4 members (excludes halogenated alkanes) is 11. The van der Waals surface area contributed by atoms with Crippen LogP contribution in [0.1, 0.15) is 155 Å². The van der Waals surface area contributed by atoms with E-state index in [9.17, 15) is 37.9 Å². The van der Waals surface area contributed by atoms with E-state index in [1.807, 2.05) is 18.2 Å². The summed E-state index contributed by atoms with van der Waals surface area (Å²) in [5.74, 6) is -2.13. The second-order valence-electron chi connectivity index (χ2n) is 15.7. The molecule has 0 radical (unpaired) electrons. The molecule has 354 valence electrons. The quantitative estimate of drug-likeness (QED) is 0.0201. The lowest BCUT2D eigenvalue weighted by Gasteiger charge is -2.40. The van der Waals surface area contributed by atoms with Crippen LogP contribution in [0.3, 0.4) is 0 Å². The highest BCUT2D eigenvalue weighted by Crippen LogP contribution is 2.24. The van der Waals surface area contributed by atoms with E-state index in [0.29, 0.717) is 19.3 Å². The van der Waals surface area contributed by atoms with Gasteiger partial charge in [0.1, 0.15) is 36.8 Å². The van der Waals surface area contributed by atoms with Crippen molar-refractivity contribution in [3.05, 3.63) is 85.1 Å². The van der Waals surface area contributed by atoms with Gasteiger partial charge >= 0.3 is 11.9 Å². The minimum Gasteiger partial charge on any atom is -0.462 e. The molecular weight excluding hydrogens is 813 g/mol. The largest absolute Gasteiger partial charge is 0.462 e. The number of rotatable bonds is 37. The van der Waals surface area contributed by atoms with Crippen LogP contribution in [-0.2, 0) is 38.7 Å². The number of aliphatic hydroxyl groups is 3. The standard InChI is InChI=1S/C49H80O12S/c1-3-5-7-9-11-13-15-17-19-20-21-22-24-26-28-30-32-34-36-38-45(51)60-42(40-59-49-48(54)47(53)46(52)43(61-49)41-62(55,56)57)39-58-44(50)37-35-33-31-29-27-25-23-18-16-14-12-10-8-6-4-2/h5,7,11,13,17,19,21-22,26-29,32,34,42-43,46-49,52-54H,3-4,6,8-10,12,14-16,18,20,23-25,30-31,33,35-41H2,1-2H3,(H,55,56,57)/b7-5+,13-11+,19-17+,22-21+,28-26+,29-27+,34-32+/t42-,43-,46-,47?,48?,49+/m1/s1. The van der Waals surface area contributed by atoms with E-state index < -0.39 is 71.2 Å². The number of hydrogen-bond donors (Lipinski definition) is 4. The number of esters is 2. The molecule has 1 saturated heterocycles. The highest BCUT2D eigenvalue weighted by molar-refractivity contribution is 7.85. The molecule has 1 aliphatic heterocycles. The molecule has 0 amide bonds. The Kier molecular flexibility index (Phi) is 35.1. The third-order valence-electron chi connectivity index (χ3n) is 9.97. The molecule has 4 N–H and O–H groups in total. The van der Waals surface area contributed by atoms with Gasteiger partial charge in [0.05, 0.1) is 6.61 Å². The zero-order valence-corrected chi connectivity index (χ0v) is 38.5. The van der Waals surface area contributed by atoms with Gasteiger partial charge in [0.25, 0.3) is 10.1 Å². The summed E-state index contributed by atoms with van der Waals surface area (Å²) in [4.78, 5) is 25.4. The van der Waals surface area contributed by atoms with E-state index in [0.717, 1.165) is 51.4 Å². The van der Waals surface area contributed by atoms with E-state index in [4.69, 9.17) is 18.9 Å². The Bertz CT molecular complexity index is 1460. The van der Waals surface area contributed by atoms with Gasteiger partial charge in [-0.1, -0.05) is 150 Å². The maximum atomic E-state index is 12.8. The third kappa shape index (κ3) is 32.5. The number of carbonyl (C=O) groups is 2. The SMILES string of the molecule is CC/C=C/C/C=C/C/C=C/C/C=C/C/C=C/C/C=C/CCC(=O)O[C@H](COC(=O)CCCC/C=C/CCCCCCCCCCC)CO[C@H]1O[C@H](CS(=O)(=O)O)[C@@H](O)C(O)C1O. The van der Waals surface area contributed by atoms with Gasteiger partial charge in [0.2, 0.25) is 0 Å². The van der Waals surface area contributed by atoms with Gasteiger partial charge in [-0.3, -0.25) is 14.1 Å². The Morgan fingerprint density at radius 3 is 1.58 bits per heavy atom. The van der Waals surface area contributed by atoms with E-state index in [-0.39, 0.29) is 19.4 Å². The van der Waals surface area contributed by atoms with Crippen molar-refractivity contribution < 1.29 is 56.8 Å². The Morgan fingerprint density at radius 2 is 1.05 bits per heavy atom. The van der Waals surface area contributed by atoms with Gasteiger partial charge in [-0.05, 0) is 77.0 Å². The lowest BCUT2D eigenvalue weighted by atomic mass is 10.00. The molecule has 2 unspecified atom stereocenters. The molecule has 12 nitrogen and oxygen atoms in total. The Labute approximate surface area is 373 Å². The number of ether oxygens (including phenoxy) is 4. The lowest BCUT2D eigenvalue weighted by Crippen LogP contribution is -2.60. The van der Waals surface area contributed by atoms with E-state index in [2.05, 4.69) is 80.7 Å². The highest BCUT2D eigenvalue weighted by Gasteiger charge is 2.46. The van der Waals surface area contributed by atoms with Crippen LogP contribution in [0.15, 0.2) is 85.1 Å². The topological polar surface area (TPSA) is 186 Å². The fraction of sp³-hybridized carbons (Fsp3) is 0.673. The normalized spacial score (nSPS) is 20.6. The van der Waals surface area contributed by atoms with Crippen LogP contribution in [0.2, 0.25) is 0 Å². The Balaban J connectivity index is 2.52. The molecule has 6 atom stereocenters. The zero-order valence-electron chi connectivity index (χ0n) is 37.7. The summed E-state index contributed by atoms with van der Waals surface area (Å²) in [6.07, 6.45) is 40.7. The van der Waals surface area contributed by atoms with Gasteiger partial charge < -0.3 is 34.3 Å². The first-order valence-corrected chi connectivity index (χ1v) is 24.8. The van der Waals surface area contributed by atoms with E-state index >= 15 is 0 Å². The van der Waals surface area contributed by atoms with Crippen molar-refractivity contribution in [2.75, 3.05) is 19.0 Å². The smallest absolute Gasteiger partial charge is 0.306 e. The molecule has 62 heavy (non-hydrogen) atoms. The number of allylic oxidation sites excluding steroid dienone is 14. The van der Waals surface area contributed by atoms with Crippen molar-refractivity contribution in [1.82, 2.24) is 0 Å². The molecular formula is C49H80O12S. The first-order chi connectivity index (χ1) is 30.0. The molecule has 0 aromatic heterocycles. The van der Waals surface area contributed by atoms with Gasteiger partial charge in [0.15, 0.2) is 12.4 Å². The monoisotopic (exact) mass is 893 g/mol. The number of carbonyl (C=O) groups excluding carboxylic acids is 2. The predicted molar refractivity (Wildman–Crippen MR) is 247 cm³/mol. The molecule has 0 saturated carbocycles. The highest BCUT2D eigenvalue weighted by atomic mass is 32.2. The first kappa shape index (κ1) is 56.8. The minimum atomic E-state index is -4.62. The van der Waals surface area contributed by atoms with Crippen molar-refractivity contribution in [3.8, 4) is 0 Å². The molecule has 0 aromatic carbocycles. The van der Waals surface area contributed by atoms with Crippen molar-refractivity contribution >= 4 is 22.1 Å². The molecule has 0 aliphatic carbocycles. The summed E-state index contributed by atoms with van der Waals surface area (Å²) in [7, 11) is -4.62. The molecule has 0 aromatic rings. The zero-order chi connectivity index (χ0) is 45.5. The van der Waals surface area contributed by atoms with Crippen molar-refractivity contribution in [2.45, 2.75) is 192 Å². The van der Waals surface area contributed by atoms with Crippen LogP contribution in [0, 0.1) is 0 Å². The fourth-order valence-corrected chi connectivity index (χ4v) is 7.09. The molecule has 1 rings (SSSR count). The summed E-state index contributed by atoms with van der Waals surface area (Å²) >= 11 is 0. The molecule has 1 aliphatic rings. The lowest BCUT2D eigenvalue weighted by molar-refractivity contribution is -0.297. The fourth-order valence-electron chi connectivity index (χ4n) is 6.40. The second-order valence-corrected chi connectivity index (χ2v) is 17.2. The maximum absolute atomic E-state index is 12.8. The Morgan fingerprint density at radius 1 is 0.565 bits per heavy atom. The Hall–Kier alpha value is -3.17. The van der Waals surface area contributed by atoms with E-state index in [1.54, 1.807) is 0 Å². The minimum absolute atomic E-state index is 0.0309. The molecule has 1 fully saturated rings. The van der Waals surface area contributed by atoms with Gasteiger partial charge in [0, 0.05) is 12.8 Å².